The molecule has 3 fully saturated rings. The van der Waals surface area contributed by atoms with Crippen molar-refractivity contribution < 1.29 is 28.7 Å². The Kier molecular flexibility index (Phi) is 6.03. The number of allylic oxidation sites excluding steroid dienone is 3. The van der Waals surface area contributed by atoms with Crippen molar-refractivity contribution in [1.82, 2.24) is 0 Å². The number of hydrogen-bond acceptors (Lipinski definition) is 6. The van der Waals surface area contributed by atoms with Gasteiger partial charge in [-0.15, -0.1) is 0 Å². The normalized spacial score (nSPS) is 45.4. The van der Waals surface area contributed by atoms with Crippen LogP contribution in [0.15, 0.2) is 23.3 Å². The largest absolute Gasteiger partial charge is 0.469 e. The number of ketones is 2. The lowest BCUT2D eigenvalue weighted by Gasteiger charge is -2.68. The first-order valence-electron chi connectivity index (χ1n) is 14.3. The van der Waals surface area contributed by atoms with Crippen molar-refractivity contribution in [3.05, 3.63) is 23.3 Å². The van der Waals surface area contributed by atoms with Crippen molar-refractivity contribution in [2.45, 2.75) is 86.5 Å². The summed E-state index contributed by atoms with van der Waals surface area (Å²) in [6.45, 7) is 13.1. The van der Waals surface area contributed by atoms with Crippen LogP contribution in [0.25, 0.3) is 0 Å². The Hall–Kier alpha value is -2.24. The monoisotopic (exact) mass is 524 g/mol. The van der Waals surface area contributed by atoms with E-state index in [0.29, 0.717) is 0 Å². The van der Waals surface area contributed by atoms with Gasteiger partial charge in [0, 0.05) is 17.3 Å². The maximum absolute atomic E-state index is 14.4. The molecule has 0 bridgehead atoms. The highest BCUT2D eigenvalue weighted by molar-refractivity contribution is 6.19. The molecule has 6 nitrogen and oxygen atoms in total. The minimum Gasteiger partial charge on any atom is -0.469 e. The number of hydrogen-bond donors (Lipinski definition) is 0. The predicted molar refractivity (Wildman–Crippen MR) is 143 cm³/mol. The van der Waals surface area contributed by atoms with Gasteiger partial charge in [-0.3, -0.25) is 14.4 Å². The average molecular weight is 525 g/mol. The van der Waals surface area contributed by atoms with E-state index in [9.17, 15) is 19.2 Å². The quantitative estimate of drug-likeness (QED) is 0.343. The third-order valence-corrected chi connectivity index (χ3v) is 12.4. The van der Waals surface area contributed by atoms with Gasteiger partial charge in [-0.2, -0.15) is 0 Å². The smallest absolute Gasteiger partial charge is 0.341 e. The number of fused-ring (bicyclic) bond motifs is 7. The molecule has 0 spiro atoms. The molecule has 0 saturated heterocycles. The number of methoxy groups -OCH3 is 2. The SMILES string of the molecule is COC(=O)C1=C[C@]2(C)C3=CC(=O)C4C5CC(C)(C)CC[C@]5(C(=O)OC)CC[C@@]4(C)[C@]3(C)CC[C@H]2[C@H](C)C1=O. The van der Waals surface area contributed by atoms with Crippen LogP contribution in [0.1, 0.15) is 86.5 Å². The Morgan fingerprint density at radius 1 is 0.895 bits per heavy atom. The highest BCUT2D eigenvalue weighted by atomic mass is 16.5. The highest BCUT2D eigenvalue weighted by Crippen LogP contribution is 2.73. The zero-order valence-electron chi connectivity index (χ0n) is 24.4. The van der Waals surface area contributed by atoms with E-state index < -0.39 is 16.8 Å². The first kappa shape index (κ1) is 27.3. The Morgan fingerprint density at radius 2 is 1.55 bits per heavy atom. The summed E-state index contributed by atoms with van der Waals surface area (Å²) >= 11 is 0. The van der Waals surface area contributed by atoms with Crippen LogP contribution in [0.4, 0.5) is 0 Å². The fourth-order valence-corrected chi connectivity index (χ4v) is 9.99. The maximum atomic E-state index is 14.4. The lowest BCUT2D eigenvalue weighted by atomic mass is 9.35. The van der Waals surface area contributed by atoms with Gasteiger partial charge in [0.25, 0.3) is 0 Å². The van der Waals surface area contributed by atoms with E-state index >= 15 is 0 Å². The molecule has 3 saturated carbocycles. The van der Waals surface area contributed by atoms with Crippen LogP contribution in [-0.4, -0.2) is 37.7 Å². The molecule has 5 rings (SSSR count). The van der Waals surface area contributed by atoms with Gasteiger partial charge in [-0.1, -0.05) is 53.2 Å². The summed E-state index contributed by atoms with van der Waals surface area (Å²) < 4.78 is 10.4. The Labute approximate surface area is 227 Å². The molecule has 8 atom stereocenters. The first-order valence-corrected chi connectivity index (χ1v) is 14.3. The third-order valence-electron chi connectivity index (χ3n) is 12.4. The van der Waals surface area contributed by atoms with Crippen molar-refractivity contribution in [1.29, 1.82) is 0 Å². The summed E-state index contributed by atoms with van der Waals surface area (Å²) in [6, 6.07) is 0. The molecular formula is C32H44O6. The van der Waals surface area contributed by atoms with Gasteiger partial charge in [0.15, 0.2) is 11.6 Å². The van der Waals surface area contributed by atoms with E-state index in [1.54, 1.807) is 0 Å². The molecule has 0 aromatic carbocycles. The molecular weight excluding hydrogens is 480 g/mol. The van der Waals surface area contributed by atoms with E-state index in [1.165, 1.54) is 14.2 Å². The van der Waals surface area contributed by atoms with Crippen molar-refractivity contribution in [2.24, 2.45) is 50.7 Å². The van der Waals surface area contributed by atoms with Gasteiger partial charge in [-0.25, -0.2) is 4.79 Å². The maximum Gasteiger partial charge on any atom is 0.341 e. The van der Waals surface area contributed by atoms with Gasteiger partial charge >= 0.3 is 11.9 Å². The van der Waals surface area contributed by atoms with Crippen molar-refractivity contribution in [2.75, 3.05) is 14.2 Å². The Balaban J connectivity index is 1.69. The third kappa shape index (κ3) is 3.30. The molecule has 0 aliphatic heterocycles. The van der Waals surface area contributed by atoms with Gasteiger partial charge in [0.2, 0.25) is 0 Å². The Morgan fingerprint density at radius 3 is 2.18 bits per heavy atom. The summed E-state index contributed by atoms with van der Waals surface area (Å²) in [4.78, 5) is 53.6. The second-order valence-corrected chi connectivity index (χ2v) is 14.4. The van der Waals surface area contributed by atoms with Gasteiger partial charge in [0.05, 0.1) is 25.2 Å². The first-order chi connectivity index (χ1) is 17.6. The number of Topliss-reactive ketones (excluding diaryl/α,β-unsaturated/α-hetero) is 1. The van der Waals surface area contributed by atoms with Crippen molar-refractivity contribution in [3.8, 4) is 0 Å². The fraction of sp³-hybridized carbons (Fsp3) is 0.750. The number of rotatable bonds is 2. The lowest BCUT2D eigenvalue weighted by molar-refractivity contribution is -0.190. The molecule has 0 N–H and O–H groups in total. The lowest BCUT2D eigenvalue weighted by Crippen LogP contribution is -2.65. The van der Waals surface area contributed by atoms with Crippen molar-refractivity contribution >= 4 is 23.5 Å². The second-order valence-electron chi connectivity index (χ2n) is 14.4. The molecule has 5 aliphatic rings. The molecule has 208 valence electrons. The zero-order chi connectivity index (χ0) is 28.1. The number of ether oxygens (including phenoxy) is 2. The summed E-state index contributed by atoms with van der Waals surface area (Å²) in [5, 5.41) is 0. The fourth-order valence-electron chi connectivity index (χ4n) is 9.99. The molecule has 0 amide bonds. The number of carbonyl (C=O) groups is 4. The molecule has 5 aliphatic carbocycles. The van der Waals surface area contributed by atoms with Crippen LogP contribution >= 0.6 is 0 Å². The summed E-state index contributed by atoms with van der Waals surface area (Å²) in [7, 11) is 2.78. The van der Waals surface area contributed by atoms with Gasteiger partial charge < -0.3 is 9.47 Å². The number of esters is 2. The topological polar surface area (TPSA) is 86.7 Å². The van der Waals surface area contributed by atoms with Crippen LogP contribution in [0.3, 0.4) is 0 Å². The molecule has 0 radical (unpaired) electrons. The Bertz CT molecular complexity index is 1180. The van der Waals surface area contributed by atoms with E-state index in [1.807, 2.05) is 19.1 Å². The molecule has 0 aromatic rings. The van der Waals surface area contributed by atoms with Crippen LogP contribution in [0.2, 0.25) is 0 Å². The van der Waals surface area contributed by atoms with Crippen LogP contribution in [0.5, 0.6) is 0 Å². The predicted octanol–water partition coefficient (Wildman–Crippen LogP) is 5.64. The standard InChI is InChI=1S/C32H44O6/c1-18-20-9-10-30(5)23(29(20,4)16-19(25(18)34)26(35)37-7)15-22(33)24-21-17-28(2,3)11-13-32(21,27(36)38-8)14-12-31(24,30)6/h15-16,18,20-21,24H,9-14,17H2,1-8H3/t18-,20-,21?,24?,29-,30+,31+,32-/m0/s1. The summed E-state index contributed by atoms with van der Waals surface area (Å²) in [5.74, 6) is -1.49. The van der Waals surface area contributed by atoms with E-state index in [0.717, 1.165) is 50.5 Å². The molecule has 0 heterocycles. The van der Waals surface area contributed by atoms with Gasteiger partial charge in [-0.05, 0) is 79.1 Å². The minimum atomic E-state index is -0.614. The summed E-state index contributed by atoms with van der Waals surface area (Å²) in [5.41, 5.74) is -0.669. The molecule has 38 heavy (non-hydrogen) atoms. The van der Waals surface area contributed by atoms with E-state index in [-0.39, 0.29) is 63.0 Å². The van der Waals surface area contributed by atoms with E-state index in [2.05, 4.69) is 34.6 Å². The highest BCUT2D eigenvalue weighted by Gasteiger charge is 2.70. The van der Waals surface area contributed by atoms with Crippen LogP contribution in [-0.2, 0) is 28.7 Å². The van der Waals surface area contributed by atoms with Crippen LogP contribution < -0.4 is 0 Å². The molecule has 0 aromatic heterocycles. The van der Waals surface area contributed by atoms with Crippen molar-refractivity contribution in [3.63, 3.8) is 0 Å². The summed E-state index contributed by atoms with van der Waals surface area (Å²) in [6.07, 6.45) is 9.42. The average Bonchev–Trinajstić information content (AvgIpc) is 2.86. The number of carbonyl (C=O) groups excluding carboxylic acids is 4. The van der Waals surface area contributed by atoms with E-state index in [4.69, 9.17) is 9.47 Å². The second kappa shape index (κ2) is 8.38. The van der Waals surface area contributed by atoms with Crippen LogP contribution in [0, 0.1) is 50.7 Å². The zero-order valence-corrected chi connectivity index (χ0v) is 24.4. The molecule has 2 unspecified atom stereocenters. The van der Waals surface area contributed by atoms with Gasteiger partial charge in [0.1, 0.15) is 0 Å². The minimum absolute atomic E-state index is 0.0158. The molecule has 6 heteroatoms.